The zero-order valence-corrected chi connectivity index (χ0v) is 12.9. The Morgan fingerprint density at radius 3 is 2.57 bits per heavy atom. The normalized spacial score (nSPS) is 10.9. The highest BCUT2D eigenvalue weighted by atomic mass is 79.9. The Hall–Kier alpha value is -2.11. The number of nitrogens with zero attached hydrogens (tertiary/aromatic N) is 1. The summed E-state index contributed by atoms with van der Waals surface area (Å²) in [5.74, 6) is -0.960. The van der Waals surface area contributed by atoms with Crippen LogP contribution in [0.3, 0.4) is 0 Å². The zero-order valence-electron chi connectivity index (χ0n) is 10.5. The van der Waals surface area contributed by atoms with E-state index in [0.29, 0.717) is 4.47 Å². The topological polar surface area (TPSA) is 96.0 Å². The van der Waals surface area contributed by atoms with E-state index in [1.807, 2.05) is 6.07 Å². The first kappa shape index (κ1) is 15.3. The summed E-state index contributed by atoms with van der Waals surface area (Å²) in [4.78, 5) is -0.538. The fraction of sp³-hybridized carbons (Fsp3) is 0. The van der Waals surface area contributed by atoms with Gasteiger partial charge in [0.1, 0.15) is 16.8 Å². The van der Waals surface area contributed by atoms with Crippen LogP contribution in [0.5, 0.6) is 0 Å². The number of hydrogen-bond donors (Lipinski definition) is 2. The molecule has 0 saturated carbocycles. The summed E-state index contributed by atoms with van der Waals surface area (Å²) in [6.45, 7) is 0. The average molecular weight is 370 g/mol. The van der Waals surface area contributed by atoms with E-state index in [0.717, 1.165) is 12.1 Å². The minimum absolute atomic E-state index is 0.0666. The molecule has 0 unspecified atom stereocenters. The molecule has 8 heteroatoms. The van der Waals surface area contributed by atoms with Crippen molar-refractivity contribution in [2.75, 3.05) is 10.5 Å². The summed E-state index contributed by atoms with van der Waals surface area (Å²) in [6, 6.07) is 9.57. The molecule has 0 fully saturated rings. The molecule has 3 N–H and O–H groups in total. The van der Waals surface area contributed by atoms with Crippen LogP contribution in [0.1, 0.15) is 5.56 Å². The first-order valence-electron chi connectivity index (χ1n) is 5.61. The molecule has 0 aliphatic rings. The minimum Gasteiger partial charge on any atom is -0.399 e. The smallest absolute Gasteiger partial charge is 0.264 e. The maximum absolute atomic E-state index is 13.7. The summed E-state index contributed by atoms with van der Waals surface area (Å²) in [6.07, 6.45) is 0. The lowest BCUT2D eigenvalue weighted by molar-refractivity contribution is 0.571. The molecule has 0 bridgehead atoms. The number of nitriles is 1. The van der Waals surface area contributed by atoms with E-state index in [2.05, 4.69) is 20.7 Å². The van der Waals surface area contributed by atoms with Gasteiger partial charge in [0, 0.05) is 10.2 Å². The Balaban J connectivity index is 2.45. The average Bonchev–Trinajstić information content (AvgIpc) is 2.40. The van der Waals surface area contributed by atoms with Crippen LogP contribution in [0.25, 0.3) is 0 Å². The first-order chi connectivity index (χ1) is 9.83. The van der Waals surface area contributed by atoms with Gasteiger partial charge in [-0.15, -0.1) is 0 Å². The number of anilines is 2. The van der Waals surface area contributed by atoms with Crippen molar-refractivity contribution < 1.29 is 12.8 Å². The maximum Gasteiger partial charge on any atom is 0.264 e. The highest BCUT2D eigenvalue weighted by Crippen LogP contribution is 2.25. The summed E-state index contributed by atoms with van der Waals surface area (Å²) in [5, 5.41) is 9.01. The Kier molecular flexibility index (Phi) is 4.16. The monoisotopic (exact) mass is 369 g/mol. The van der Waals surface area contributed by atoms with Crippen molar-refractivity contribution in [2.45, 2.75) is 4.90 Å². The standard InChI is InChI=1S/C13H9BrFN3O2S/c14-9-1-3-12(8(5-9)7-16)18-21(19,20)13-4-2-10(17)6-11(13)15/h1-6,18H,17H2. The molecule has 0 spiro atoms. The van der Waals surface area contributed by atoms with Crippen molar-refractivity contribution in [2.24, 2.45) is 0 Å². The van der Waals surface area contributed by atoms with Crippen LogP contribution in [0.2, 0.25) is 0 Å². The highest BCUT2D eigenvalue weighted by Gasteiger charge is 2.20. The lowest BCUT2D eigenvalue weighted by atomic mass is 10.2. The fourth-order valence-electron chi connectivity index (χ4n) is 1.63. The predicted molar refractivity (Wildman–Crippen MR) is 80.5 cm³/mol. The number of nitrogens with two attached hydrogens (primary N) is 1. The van der Waals surface area contributed by atoms with Gasteiger partial charge in [0.25, 0.3) is 10.0 Å². The van der Waals surface area contributed by atoms with Gasteiger partial charge in [-0.25, -0.2) is 12.8 Å². The number of rotatable bonds is 3. The third kappa shape index (κ3) is 3.32. The summed E-state index contributed by atoms with van der Waals surface area (Å²) in [7, 11) is -4.15. The lowest BCUT2D eigenvalue weighted by Crippen LogP contribution is -2.15. The SMILES string of the molecule is N#Cc1cc(Br)ccc1NS(=O)(=O)c1ccc(N)cc1F. The van der Waals surface area contributed by atoms with Gasteiger partial charge in [0.05, 0.1) is 11.3 Å². The lowest BCUT2D eigenvalue weighted by Gasteiger charge is -2.10. The first-order valence-corrected chi connectivity index (χ1v) is 7.88. The van der Waals surface area contributed by atoms with Crippen LogP contribution >= 0.6 is 15.9 Å². The van der Waals surface area contributed by atoms with Gasteiger partial charge in [-0.1, -0.05) is 15.9 Å². The summed E-state index contributed by atoms with van der Waals surface area (Å²) < 4.78 is 40.9. The molecule has 0 atom stereocenters. The molecule has 0 heterocycles. The largest absolute Gasteiger partial charge is 0.399 e. The zero-order chi connectivity index (χ0) is 15.6. The number of benzene rings is 2. The van der Waals surface area contributed by atoms with Gasteiger partial charge in [-0.2, -0.15) is 5.26 Å². The molecular weight excluding hydrogens is 361 g/mol. The second-order valence-corrected chi connectivity index (χ2v) is 6.66. The number of sulfonamides is 1. The van der Waals surface area contributed by atoms with E-state index in [1.165, 1.54) is 18.2 Å². The molecule has 2 rings (SSSR count). The molecule has 21 heavy (non-hydrogen) atoms. The third-order valence-corrected chi connectivity index (χ3v) is 4.48. The molecule has 0 aliphatic heterocycles. The van der Waals surface area contributed by atoms with Gasteiger partial charge in [0.2, 0.25) is 0 Å². The van der Waals surface area contributed by atoms with Gasteiger partial charge in [-0.3, -0.25) is 4.72 Å². The molecule has 0 aliphatic carbocycles. The van der Waals surface area contributed by atoms with Crippen LogP contribution in [0, 0.1) is 17.1 Å². The Morgan fingerprint density at radius 2 is 1.95 bits per heavy atom. The number of hydrogen-bond acceptors (Lipinski definition) is 4. The number of halogens is 2. The van der Waals surface area contributed by atoms with Gasteiger partial charge >= 0.3 is 0 Å². The van der Waals surface area contributed by atoms with Crippen molar-refractivity contribution in [3.63, 3.8) is 0 Å². The van der Waals surface area contributed by atoms with E-state index < -0.39 is 20.7 Å². The Bertz CT molecular complexity index is 847. The van der Waals surface area contributed by atoms with E-state index in [1.54, 1.807) is 6.07 Å². The van der Waals surface area contributed by atoms with Gasteiger partial charge < -0.3 is 5.73 Å². The van der Waals surface area contributed by atoms with Crippen molar-refractivity contribution in [1.29, 1.82) is 5.26 Å². The highest BCUT2D eigenvalue weighted by molar-refractivity contribution is 9.10. The molecule has 0 aromatic heterocycles. The maximum atomic E-state index is 13.7. The molecule has 2 aromatic rings. The Morgan fingerprint density at radius 1 is 1.24 bits per heavy atom. The van der Waals surface area contributed by atoms with Gasteiger partial charge in [0.15, 0.2) is 0 Å². The molecule has 0 radical (unpaired) electrons. The van der Waals surface area contributed by atoms with Crippen LogP contribution in [-0.2, 0) is 10.0 Å². The number of nitrogen functional groups attached to an aromatic ring is 1. The van der Waals surface area contributed by atoms with Crippen molar-refractivity contribution in [3.8, 4) is 6.07 Å². The van der Waals surface area contributed by atoms with Crippen LogP contribution < -0.4 is 10.5 Å². The molecule has 108 valence electrons. The molecule has 2 aromatic carbocycles. The quantitative estimate of drug-likeness (QED) is 0.812. The van der Waals surface area contributed by atoms with Crippen molar-refractivity contribution >= 4 is 37.3 Å². The fourth-order valence-corrected chi connectivity index (χ4v) is 3.13. The van der Waals surface area contributed by atoms with E-state index >= 15 is 0 Å². The predicted octanol–water partition coefficient (Wildman–Crippen LogP) is 2.84. The van der Waals surface area contributed by atoms with Gasteiger partial charge in [-0.05, 0) is 36.4 Å². The molecule has 5 nitrogen and oxygen atoms in total. The van der Waals surface area contributed by atoms with Crippen LogP contribution in [0.4, 0.5) is 15.8 Å². The van der Waals surface area contributed by atoms with E-state index in [9.17, 15) is 12.8 Å². The summed E-state index contributed by atoms with van der Waals surface area (Å²) in [5.41, 5.74) is 5.68. The van der Waals surface area contributed by atoms with Crippen molar-refractivity contribution in [1.82, 2.24) is 0 Å². The molecule has 0 amide bonds. The third-order valence-electron chi connectivity index (χ3n) is 2.59. The Labute approximate surface area is 129 Å². The second kappa shape index (κ2) is 5.71. The minimum atomic E-state index is -4.15. The van der Waals surface area contributed by atoms with Crippen LogP contribution in [-0.4, -0.2) is 8.42 Å². The van der Waals surface area contributed by atoms with Crippen LogP contribution in [0.15, 0.2) is 45.8 Å². The second-order valence-electron chi connectivity index (χ2n) is 4.10. The van der Waals surface area contributed by atoms with E-state index in [4.69, 9.17) is 11.0 Å². The summed E-state index contributed by atoms with van der Waals surface area (Å²) >= 11 is 3.18. The number of nitrogens with one attached hydrogen (secondary N) is 1. The van der Waals surface area contributed by atoms with Crippen molar-refractivity contribution in [3.05, 3.63) is 52.3 Å². The molecule has 0 saturated heterocycles. The van der Waals surface area contributed by atoms with E-state index in [-0.39, 0.29) is 16.9 Å². The molecular formula is C13H9BrFN3O2S.